The van der Waals surface area contributed by atoms with E-state index < -0.39 is 6.36 Å². The van der Waals surface area contributed by atoms with Crippen molar-refractivity contribution in [3.8, 4) is 5.75 Å². The number of halogens is 3. The van der Waals surface area contributed by atoms with Crippen LogP contribution in [0.4, 0.5) is 13.2 Å². The second kappa shape index (κ2) is 7.07. The molecule has 7 heteroatoms. The maximum Gasteiger partial charge on any atom is 0.573 e. The van der Waals surface area contributed by atoms with Crippen molar-refractivity contribution in [2.24, 2.45) is 5.92 Å². The highest BCUT2D eigenvalue weighted by molar-refractivity contribution is 7.10. The molecule has 0 aliphatic heterocycles. The number of alkyl halides is 3. The van der Waals surface area contributed by atoms with Crippen molar-refractivity contribution in [2.75, 3.05) is 0 Å². The van der Waals surface area contributed by atoms with Crippen molar-refractivity contribution in [3.05, 3.63) is 51.2 Å². The summed E-state index contributed by atoms with van der Waals surface area (Å²) in [4.78, 5) is 13.7. The molecule has 25 heavy (non-hydrogen) atoms. The molecular weight excluding hydrogens is 351 g/mol. The van der Waals surface area contributed by atoms with E-state index in [9.17, 15) is 18.0 Å². The summed E-state index contributed by atoms with van der Waals surface area (Å²) in [5, 5.41) is 4.55. The van der Waals surface area contributed by atoms with Crippen LogP contribution in [0.25, 0.3) is 0 Å². The fraction of sp³-hybridized carbons (Fsp3) is 0.389. The van der Waals surface area contributed by atoms with Gasteiger partial charge in [-0.25, -0.2) is 0 Å². The van der Waals surface area contributed by atoms with Gasteiger partial charge in [0.25, 0.3) is 5.91 Å². The number of benzene rings is 1. The Bertz CT molecular complexity index is 770. The quantitative estimate of drug-likeness (QED) is 0.848. The average molecular weight is 369 g/mol. The fourth-order valence-corrected chi connectivity index (χ4v) is 4.26. The molecule has 1 amide bonds. The molecule has 1 unspecified atom stereocenters. The Hall–Kier alpha value is -2.02. The van der Waals surface area contributed by atoms with Crippen LogP contribution in [0.2, 0.25) is 0 Å². The average Bonchev–Trinajstić information content (AvgIpc) is 2.95. The number of carbonyl (C=O) groups excluding carboxylic acids is 1. The lowest BCUT2D eigenvalue weighted by atomic mass is 9.88. The number of para-hydroxylation sites is 1. The highest BCUT2D eigenvalue weighted by Crippen LogP contribution is 2.33. The highest BCUT2D eigenvalue weighted by atomic mass is 32.1. The molecule has 1 aliphatic rings. The lowest BCUT2D eigenvalue weighted by Gasteiger charge is -2.19. The molecule has 0 fully saturated rings. The second-order valence-corrected chi connectivity index (χ2v) is 7.20. The Balaban J connectivity index is 1.70. The molecule has 1 aromatic carbocycles. The van der Waals surface area contributed by atoms with Crippen LogP contribution in [0.15, 0.2) is 29.6 Å². The van der Waals surface area contributed by atoms with Crippen LogP contribution in [0.5, 0.6) is 5.75 Å². The molecule has 1 heterocycles. The molecule has 3 nitrogen and oxygen atoms in total. The van der Waals surface area contributed by atoms with Crippen LogP contribution >= 0.6 is 11.3 Å². The summed E-state index contributed by atoms with van der Waals surface area (Å²) in [6.07, 6.45) is -1.86. The van der Waals surface area contributed by atoms with Crippen LogP contribution in [0.3, 0.4) is 0 Å². The van der Waals surface area contributed by atoms with Gasteiger partial charge in [-0.05, 0) is 36.8 Å². The zero-order valence-electron chi connectivity index (χ0n) is 13.7. The zero-order chi connectivity index (χ0) is 18.0. The van der Waals surface area contributed by atoms with Gasteiger partial charge >= 0.3 is 6.36 Å². The normalized spacial score (nSPS) is 17.0. The monoisotopic (exact) mass is 369 g/mol. The number of thiophene rings is 1. The molecule has 0 saturated heterocycles. The number of amides is 1. The first-order chi connectivity index (χ1) is 11.8. The Morgan fingerprint density at radius 1 is 1.36 bits per heavy atom. The van der Waals surface area contributed by atoms with Crippen LogP contribution in [0.1, 0.15) is 39.7 Å². The molecule has 1 aromatic heterocycles. The third-order valence-electron chi connectivity index (χ3n) is 4.28. The van der Waals surface area contributed by atoms with E-state index in [0.717, 1.165) is 24.8 Å². The van der Waals surface area contributed by atoms with Crippen LogP contribution in [0, 0.1) is 5.92 Å². The molecule has 2 aromatic rings. The van der Waals surface area contributed by atoms with Crippen molar-refractivity contribution in [1.82, 2.24) is 5.32 Å². The number of carbonyl (C=O) groups is 1. The maximum absolute atomic E-state index is 12.5. The molecule has 134 valence electrons. The van der Waals surface area contributed by atoms with E-state index in [1.165, 1.54) is 23.1 Å². The third kappa shape index (κ3) is 4.34. The molecule has 0 saturated carbocycles. The van der Waals surface area contributed by atoms with Crippen LogP contribution in [-0.4, -0.2) is 12.3 Å². The molecule has 0 bridgehead atoms. The van der Waals surface area contributed by atoms with Gasteiger partial charge < -0.3 is 10.1 Å². The number of rotatable bonds is 4. The van der Waals surface area contributed by atoms with E-state index in [1.54, 1.807) is 17.4 Å². The number of nitrogens with one attached hydrogen (secondary N) is 1. The number of ether oxygens (including phenoxy) is 1. The molecule has 3 rings (SSSR count). The van der Waals surface area contributed by atoms with Gasteiger partial charge in [0.1, 0.15) is 5.75 Å². The van der Waals surface area contributed by atoms with Gasteiger partial charge in [-0.3, -0.25) is 4.79 Å². The Morgan fingerprint density at radius 3 is 2.88 bits per heavy atom. The minimum Gasteiger partial charge on any atom is -0.405 e. The van der Waals surface area contributed by atoms with Gasteiger partial charge in [-0.1, -0.05) is 25.1 Å². The predicted octanol–water partition coefficient (Wildman–Crippen LogP) is 4.70. The van der Waals surface area contributed by atoms with Gasteiger partial charge in [0, 0.05) is 22.4 Å². The van der Waals surface area contributed by atoms with E-state index in [-0.39, 0.29) is 23.8 Å². The van der Waals surface area contributed by atoms with Crippen molar-refractivity contribution < 1.29 is 22.7 Å². The SMILES string of the molecule is CC1CCc2c(C(=O)NCc3ccccc3OC(F)(F)F)csc2C1. The number of hydrogen-bond donors (Lipinski definition) is 1. The minimum absolute atomic E-state index is 0.0217. The molecule has 1 aliphatic carbocycles. The standard InChI is InChI=1S/C18H18F3NO2S/c1-11-6-7-13-14(10-25-16(13)8-11)17(23)22-9-12-4-2-3-5-15(12)24-18(19,20)21/h2-5,10-11H,6-9H2,1H3,(H,22,23). The first-order valence-electron chi connectivity index (χ1n) is 8.04. The highest BCUT2D eigenvalue weighted by Gasteiger charge is 2.32. The zero-order valence-corrected chi connectivity index (χ0v) is 14.5. The van der Waals surface area contributed by atoms with Crippen molar-refractivity contribution >= 4 is 17.2 Å². The minimum atomic E-state index is -4.76. The molecule has 0 spiro atoms. The lowest BCUT2D eigenvalue weighted by Crippen LogP contribution is -2.25. The first-order valence-corrected chi connectivity index (χ1v) is 8.92. The van der Waals surface area contributed by atoms with Crippen molar-refractivity contribution in [2.45, 2.75) is 39.1 Å². The Morgan fingerprint density at radius 2 is 2.12 bits per heavy atom. The molecule has 1 N–H and O–H groups in total. The van der Waals surface area contributed by atoms with Crippen molar-refractivity contribution in [3.63, 3.8) is 0 Å². The van der Waals surface area contributed by atoms with Gasteiger partial charge in [0.05, 0.1) is 5.56 Å². The van der Waals surface area contributed by atoms with Gasteiger partial charge in [0.15, 0.2) is 0 Å². The molecule has 1 atom stereocenters. The number of hydrogen-bond acceptors (Lipinski definition) is 3. The van der Waals surface area contributed by atoms with E-state index in [0.29, 0.717) is 11.5 Å². The van der Waals surface area contributed by atoms with E-state index in [4.69, 9.17) is 0 Å². The number of fused-ring (bicyclic) bond motifs is 1. The first kappa shape index (κ1) is 17.8. The topological polar surface area (TPSA) is 38.3 Å². The van der Waals surface area contributed by atoms with Crippen molar-refractivity contribution in [1.29, 1.82) is 0 Å². The summed E-state index contributed by atoms with van der Waals surface area (Å²) in [7, 11) is 0. The summed E-state index contributed by atoms with van der Waals surface area (Å²) < 4.78 is 41.4. The fourth-order valence-electron chi connectivity index (χ4n) is 3.01. The summed E-state index contributed by atoms with van der Waals surface area (Å²) in [6.45, 7) is 2.17. The Kier molecular flexibility index (Phi) is 5.03. The molecular formula is C18H18F3NO2S. The van der Waals surface area contributed by atoms with Gasteiger partial charge in [-0.2, -0.15) is 0 Å². The van der Waals surface area contributed by atoms with E-state index in [2.05, 4.69) is 17.0 Å². The van der Waals surface area contributed by atoms with E-state index in [1.807, 2.05) is 5.38 Å². The predicted molar refractivity (Wildman–Crippen MR) is 89.8 cm³/mol. The summed E-state index contributed by atoms with van der Waals surface area (Å²) in [5.74, 6) is 0.0683. The van der Waals surface area contributed by atoms with Crippen LogP contribution in [-0.2, 0) is 19.4 Å². The van der Waals surface area contributed by atoms with Crippen LogP contribution < -0.4 is 10.1 Å². The molecule has 0 radical (unpaired) electrons. The smallest absolute Gasteiger partial charge is 0.405 e. The summed E-state index contributed by atoms with van der Waals surface area (Å²) in [6, 6.07) is 5.82. The Labute approximate surface area is 147 Å². The second-order valence-electron chi connectivity index (χ2n) is 6.24. The van der Waals surface area contributed by atoms with Gasteiger partial charge in [-0.15, -0.1) is 24.5 Å². The maximum atomic E-state index is 12.5. The summed E-state index contributed by atoms with van der Waals surface area (Å²) >= 11 is 1.58. The lowest BCUT2D eigenvalue weighted by molar-refractivity contribution is -0.274. The van der Waals surface area contributed by atoms with Gasteiger partial charge in [0.2, 0.25) is 0 Å². The third-order valence-corrected chi connectivity index (χ3v) is 5.34. The van der Waals surface area contributed by atoms with E-state index >= 15 is 0 Å². The summed E-state index contributed by atoms with van der Waals surface area (Å²) in [5.41, 5.74) is 2.01. The largest absolute Gasteiger partial charge is 0.573 e.